The average Bonchev–Trinajstić information content (AvgIpc) is 2.99. The van der Waals surface area contributed by atoms with Crippen molar-refractivity contribution in [1.29, 1.82) is 0 Å². The Kier molecular flexibility index (Phi) is 9.79. The fourth-order valence-corrected chi connectivity index (χ4v) is 4.02. The molecule has 0 saturated carbocycles. The molecule has 0 amide bonds. The molecule has 4 aromatic rings. The SMILES string of the molecule is CCCCCC(OOC(=O)c1ccccc1-c1ccccc1)OOC(=O)c1ccccc1-c1ccccc1. The Morgan fingerprint density at radius 1 is 0.579 bits per heavy atom. The summed E-state index contributed by atoms with van der Waals surface area (Å²) in [5.41, 5.74) is 3.88. The second kappa shape index (κ2) is 13.9. The highest BCUT2D eigenvalue weighted by molar-refractivity contribution is 5.97. The molecular weight excluding hydrogens is 480 g/mol. The third-order valence-corrected chi connectivity index (χ3v) is 5.97. The summed E-state index contributed by atoms with van der Waals surface area (Å²) in [6.45, 7) is 2.07. The Bertz CT molecular complexity index is 1220. The van der Waals surface area contributed by atoms with Crippen LogP contribution in [-0.2, 0) is 19.6 Å². The summed E-state index contributed by atoms with van der Waals surface area (Å²) in [5.74, 6) is -1.34. The van der Waals surface area contributed by atoms with Crippen molar-refractivity contribution in [3.8, 4) is 22.3 Å². The summed E-state index contributed by atoms with van der Waals surface area (Å²) < 4.78 is 0. The first-order valence-electron chi connectivity index (χ1n) is 12.7. The zero-order chi connectivity index (χ0) is 26.6. The highest BCUT2D eigenvalue weighted by Crippen LogP contribution is 2.26. The molecule has 0 aliphatic carbocycles. The van der Waals surface area contributed by atoms with Crippen LogP contribution in [0.4, 0.5) is 0 Å². The van der Waals surface area contributed by atoms with Gasteiger partial charge in [0.05, 0.1) is 11.1 Å². The van der Waals surface area contributed by atoms with E-state index in [4.69, 9.17) is 19.6 Å². The predicted molar refractivity (Wildman–Crippen MR) is 145 cm³/mol. The van der Waals surface area contributed by atoms with Crippen LogP contribution in [0.3, 0.4) is 0 Å². The molecule has 0 saturated heterocycles. The maximum absolute atomic E-state index is 12.9. The smallest absolute Gasteiger partial charge is 0.290 e. The molecule has 0 atom stereocenters. The molecule has 0 radical (unpaired) electrons. The molecule has 0 spiro atoms. The minimum absolute atomic E-state index is 0.347. The Morgan fingerprint density at radius 3 is 1.45 bits per heavy atom. The number of carbonyl (C=O) groups is 2. The second-order valence-electron chi connectivity index (χ2n) is 8.68. The van der Waals surface area contributed by atoms with Gasteiger partial charge in [-0.15, -0.1) is 9.78 Å². The van der Waals surface area contributed by atoms with Crippen LogP contribution >= 0.6 is 0 Å². The predicted octanol–water partition coefficient (Wildman–Crippen LogP) is 7.80. The highest BCUT2D eigenvalue weighted by Gasteiger charge is 2.22. The van der Waals surface area contributed by atoms with Gasteiger partial charge in [0.25, 0.3) is 0 Å². The quantitative estimate of drug-likeness (QED) is 0.0838. The number of rotatable bonds is 12. The van der Waals surface area contributed by atoms with Crippen molar-refractivity contribution in [2.45, 2.75) is 38.9 Å². The molecule has 0 unspecified atom stereocenters. The van der Waals surface area contributed by atoms with E-state index in [1.807, 2.05) is 84.9 Å². The van der Waals surface area contributed by atoms with Crippen LogP contribution in [0.5, 0.6) is 0 Å². The molecular formula is C32H30O6. The maximum atomic E-state index is 12.9. The van der Waals surface area contributed by atoms with E-state index >= 15 is 0 Å². The van der Waals surface area contributed by atoms with Crippen LogP contribution < -0.4 is 0 Å². The topological polar surface area (TPSA) is 71.1 Å². The lowest BCUT2D eigenvalue weighted by molar-refractivity contribution is -0.421. The van der Waals surface area contributed by atoms with Crippen molar-refractivity contribution in [3.05, 3.63) is 120 Å². The Labute approximate surface area is 222 Å². The summed E-state index contributed by atoms with van der Waals surface area (Å²) in [6, 6.07) is 33.3. The van der Waals surface area contributed by atoms with Crippen molar-refractivity contribution in [3.63, 3.8) is 0 Å². The van der Waals surface area contributed by atoms with Crippen molar-refractivity contribution < 1.29 is 29.1 Å². The number of hydrogen-bond acceptors (Lipinski definition) is 6. The number of carbonyl (C=O) groups excluding carboxylic acids is 2. The van der Waals surface area contributed by atoms with Crippen molar-refractivity contribution >= 4 is 11.9 Å². The van der Waals surface area contributed by atoms with E-state index in [-0.39, 0.29) is 0 Å². The normalized spacial score (nSPS) is 10.8. The second-order valence-corrected chi connectivity index (χ2v) is 8.68. The van der Waals surface area contributed by atoms with Gasteiger partial charge in [0.2, 0.25) is 6.29 Å². The monoisotopic (exact) mass is 510 g/mol. The van der Waals surface area contributed by atoms with Crippen LogP contribution in [0.2, 0.25) is 0 Å². The van der Waals surface area contributed by atoms with E-state index in [0.717, 1.165) is 30.4 Å². The molecule has 0 fully saturated rings. The molecule has 0 aliphatic rings. The largest absolute Gasteiger partial charge is 0.373 e. The summed E-state index contributed by atoms with van der Waals surface area (Å²) in [6.07, 6.45) is 1.91. The molecule has 0 aromatic heterocycles. The fraction of sp³-hybridized carbons (Fsp3) is 0.188. The molecule has 6 heteroatoms. The van der Waals surface area contributed by atoms with Gasteiger partial charge in [-0.05, 0) is 40.8 Å². The molecule has 194 valence electrons. The number of hydrogen-bond donors (Lipinski definition) is 0. The third-order valence-electron chi connectivity index (χ3n) is 5.97. The van der Waals surface area contributed by atoms with Crippen LogP contribution in [-0.4, -0.2) is 18.2 Å². The zero-order valence-electron chi connectivity index (χ0n) is 21.2. The summed E-state index contributed by atoms with van der Waals surface area (Å²) >= 11 is 0. The van der Waals surface area contributed by atoms with Gasteiger partial charge in [0, 0.05) is 6.42 Å². The summed E-state index contributed by atoms with van der Waals surface area (Å²) in [5, 5.41) is 0. The van der Waals surface area contributed by atoms with Crippen LogP contribution in [0.25, 0.3) is 22.3 Å². The Morgan fingerprint density at radius 2 is 1.00 bits per heavy atom. The van der Waals surface area contributed by atoms with Gasteiger partial charge in [-0.3, -0.25) is 9.78 Å². The van der Waals surface area contributed by atoms with Gasteiger partial charge >= 0.3 is 11.9 Å². The van der Waals surface area contributed by atoms with Crippen molar-refractivity contribution in [2.75, 3.05) is 0 Å². The van der Waals surface area contributed by atoms with Gasteiger partial charge in [0.15, 0.2) is 0 Å². The first-order valence-corrected chi connectivity index (χ1v) is 12.7. The van der Waals surface area contributed by atoms with Crippen LogP contribution in [0.15, 0.2) is 109 Å². The Hall–Kier alpha value is -4.26. The highest BCUT2D eigenvalue weighted by atomic mass is 17.3. The zero-order valence-corrected chi connectivity index (χ0v) is 21.2. The summed E-state index contributed by atoms with van der Waals surface area (Å²) in [4.78, 5) is 46.9. The van der Waals surface area contributed by atoms with Gasteiger partial charge < -0.3 is 0 Å². The first kappa shape index (κ1) is 26.8. The molecule has 38 heavy (non-hydrogen) atoms. The minimum atomic E-state index is -1.08. The molecule has 0 N–H and O–H groups in total. The lowest BCUT2D eigenvalue weighted by atomic mass is 10.00. The lowest BCUT2D eigenvalue weighted by Gasteiger charge is -2.16. The third kappa shape index (κ3) is 7.16. The van der Waals surface area contributed by atoms with Gasteiger partial charge in [-0.1, -0.05) is 117 Å². The molecule has 0 bridgehead atoms. The lowest BCUT2D eigenvalue weighted by Crippen LogP contribution is -2.22. The standard InChI is InChI=1S/C32H30O6/c1-2-3-6-23-30(35-37-31(33)28-21-13-11-19-26(28)24-15-7-4-8-16-24)36-38-32(34)29-22-14-12-20-27(29)25-17-9-5-10-18-25/h4-5,7-22,30H,2-3,6,23H2,1H3. The van der Waals surface area contributed by atoms with Crippen molar-refractivity contribution in [2.24, 2.45) is 0 Å². The molecule has 0 heterocycles. The molecule has 6 nitrogen and oxygen atoms in total. The van der Waals surface area contributed by atoms with Gasteiger partial charge in [-0.25, -0.2) is 9.59 Å². The first-order chi connectivity index (χ1) is 18.7. The van der Waals surface area contributed by atoms with Crippen LogP contribution in [0, 0.1) is 0 Å². The number of unbranched alkanes of at least 4 members (excludes halogenated alkanes) is 2. The van der Waals surface area contributed by atoms with Gasteiger partial charge in [-0.2, -0.15) is 0 Å². The van der Waals surface area contributed by atoms with E-state index < -0.39 is 18.2 Å². The maximum Gasteiger partial charge on any atom is 0.373 e. The molecule has 0 aliphatic heterocycles. The molecule has 4 rings (SSSR count). The van der Waals surface area contributed by atoms with E-state index in [9.17, 15) is 9.59 Å². The van der Waals surface area contributed by atoms with E-state index in [2.05, 4.69) is 6.92 Å². The van der Waals surface area contributed by atoms with E-state index in [1.165, 1.54) is 0 Å². The fourth-order valence-electron chi connectivity index (χ4n) is 4.02. The average molecular weight is 511 g/mol. The van der Waals surface area contributed by atoms with E-state index in [1.54, 1.807) is 24.3 Å². The minimum Gasteiger partial charge on any atom is -0.290 e. The number of benzene rings is 4. The summed E-state index contributed by atoms with van der Waals surface area (Å²) in [7, 11) is 0. The van der Waals surface area contributed by atoms with Gasteiger partial charge in [0.1, 0.15) is 0 Å². The Balaban J connectivity index is 1.43. The molecule has 4 aromatic carbocycles. The van der Waals surface area contributed by atoms with Crippen molar-refractivity contribution in [1.82, 2.24) is 0 Å². The van der Waals surface area contributed by atoms with E-state index in [0.29, 0.717) is 28.7 Å². The van der Waals surface area contributed by atoms with Crippen LogP contribution in [0.1, 0.15) is 53.3 Å².